The number of carbonyl (C=O) groups is 1. The van der Waals surface area contributed by atoms with E-state index in [0.717, 1.165) is 16.7 Å². The molecule has 0 atom stereocenters. The fraction of sp³-hybridized carbons (Fsp3) is 0.0667. The van der Waals surface area contributed by atoms with E-state index in [1.165, 1.54) is 0 Å². The van der Waals surface area contributed by atoms with E-state index in [2.05, 4.69) is 0 Å². The van der Waals surface area contributed by atoms with E-state index >= 15 is 0 Å². The van der Waals surface area contributed by atoms with Gasteiger partial charge in [-0.05, 0) is 47.9 Å². The molecule has 0 aliphatic carbocycles. The van der Waals surface area contributed by atoms with Crippen molar-refractivity contribution < 1.29 is 13.9 Å². The monoisotopic (exact) mass is 480 g/mol. The lowest BCUT2D eigenvalue weighted by Gasteiger charge is -2.13. The molecular weight excluding hydrogens is 460 g/mol. The summed E-state index contributed by atoms with van der Waals surface area (Å²) in [6.45, 7) is 1.60. The van der Waals surface area contributed by atoms with E-state index in [1.807, 2.05) is 55.5 Å². The normalized spacial score (nSPS) is 10.9. The number of fused-ring (bicyclic) bond motifs is 1. The number of ether oxygens (including phenoxy) is 1. The quantitative estimate of drug-likeness (QED) is 0.238. The lowest BCUT2D eigenvalue weighted by molar-refractivity contribution is 0.0920. The van der Waals surface area contributed by atoms with Gasteiger partial charge >= 0.3 is 0 Å². The molecule has 35 heavy (non-hydrogen) atoms. The predicted molar refractivity (Wildman–Crippen MR) is 139 cm³/mol. The molecular formula is C30H21ClO4. The molecule has 1 heterocycles. The van der Waals surface area contributed by atoms with Crippen molar-refractivity contribution in [2.75, 3.05) is 6.61 Å². The van der Waals surface area contributed by atoms with E-state index in [0.29, 0.717) is 27.1 Å². The lowest BCUT2D eigenvalue weighted by Crippen LogP contribution is -2.17. The molecule has 4 aromatic carbocycles. The van der Waals surface area contributed by atoms with Gasteiger partial charge in [-0.15, -0.1) is 0 Å². The molecule has 1 aromatic heterocycles. The highest BCUT2D eigenvalue weighted by molar-refractivity contribution is 6.33. The minimum Gasteiger partial charge on any atom is -0.478 e. The maximum absolute atomic E-state index is 13.4. The third kappa shape index (κ3) is 4.61. The van der Waals surface area contributed by atoms with Crippen molar-refractivity contribution in [1.29, 1.82) is 0 Å². The lowest BCUT2D eigenvalue weighted by atomic mass is 10.0. The minimum absolute atomic E-state index is 0.0382. The number of carbonyl (C=O) groups excluding carboxylic acids is 1. The minimum atomic E-state index is -0.353. The van der Waals surface area contributed by atoms with E-state index in [4.69, 9.17) is 20.8 Å². The summed E-state index contributed by atoms with van der Waals surface area (Å²) in [5.41, 5.74) is 4.11. The van der Waals surface area contributed by atoms with Gasteiger partial charge in [0.15, 0.2) is 18.2 Å². The van der Waals surface area contributed by atoms with Crippen molar-refractivity contribution in [2.45, 2.75) is 6.92 Å². The van der Waals surface area contributed by atoms with Crippen molar-refractivity contribution in [3.63, 3.8) is 0 Å². The molecule has 0 spiro atoms. The molecule has 0 saturated carbocycles. The van der Waals surface area contributed by atoms with Crippen LogP contribution in [0.15, 0.2) is 106 Å². The van der Waals surface area contributed by atoms with Crippen molar-refractivity contribution in [3.8, 4) is 28.2 Å². The number of aryl methyl sites for hydroxylation is 1. The van der Waals surface area contributed by atoms with E-state index < -0.39 is 0 Å². The number of hydrogen-bond donors (Lipinski definition) is 0. The first kappa shape index (κ1) is 22.6. The van der Waals surface area contributed by atoms with Crippen molar-refractivity contribution >= 4 is 28.4 Å². The number of rotatable bonds is 6. The van der Waals surface area contributed by atoms with Gasteiger partial charge in [-0.25, -0.2) is 0 Å². The van der Waals surface area contributed by atoms with E-state index in [9.17, 15) is 9.59 Å². The van der Waals surface area contributed by atoms with Crippen LogP contribution < -0.4 is 10.2 Å². The molecule has 5 rings (SSSR count). The highest BCUT2D eigenvalue weighted by atomic mass is 35.5. The molecule has 0 fully saturated rings. The zero-order chi connectivity index (χ0) is 24.4. The largest absolute Gasteiger partial charge is 0.478 e. The summed E-state index contributed by atoms with van der Waals surface area (Å²) in [5, 5.41) is 0.788. The SMILES string of the molecule is Cc1ccc2c(=O)c(OCC(=O)c3ccc(-c4ccccc4)cc3)c(-c3ccccc3Cl)oc2c1. The molecule has 0 amide bonds. The van der Waals surface area contributed by atoms with Gasteiger partial charge in [-0.3, -0.25) is 9.59 Å². The topological polar surface area (TPSA) is 56.5 Å². The Hall–Kier alpha value is -4.15. The molecule has 0 saturated heterocycles. The number of benzene rings is 4. The molecule has 0 radical (unpaired) electrons. The average Bonchev–Trinajstić information content (AvgIpc) is 2.88. The standard InChI is InChI=1S/C30H21ClO4/c1-19-11-16-24-27(17-19)35-29(23-9-5-6-10-25(23)31)30(28(24)33)34-18-26(32)22-14-12-21(13-15-22)20-7-3-2-4-8-20/h2-17H,18H2,1H3. The fourth-order valence-electron chi connectivity index (χ4n) is 3.94. The molecule has 172 valence electrons. The number of Topliss-reactive ketones (excluding diaryl/α,β-unsaturated/α-hetero) is 1. The Kier molecular flexibility index (Phi) is 6.21. The first-order valence-corrected chi connectivity index (χ1v) is 11.5. The Morgan fingerprint density at radius 3 is 2.29 bits per heavy atom. The van der Waals surface area contributed by atoms with Gasteiger partial charge < -0.3 is 9.15 Å². The molecule has 0 N–H and O–H groups in total. The second-order valence-corrected chi connectivity index (χ2v) is 8.63. The molecule has 0 aliphatic rings. The van der Waals surface area contributed by atoms with Crippen LogP contribution in [0.3, 0.4) is 0 Å². The van der Waals surface area contributed by atoms with Crippen LogP contribution in [-0.2, 0) is 0 Å². The van der Waals surface area contributed by atoms with Gasteiger partial charge in [0.1, 0.15) is 5.58 Å². The van der Waals surface area contributed by atoms with Gasteiger partial charge in [0.25, 0.3) is 0 Å². The highest BCUT2D eigenvalue weighted by Gasteiger charge is 2.21. The van der Waals surface area contributed by atoms with Crippen LogP contribution in [0.1, 0.15) is 15.9 Å². The maximum atomic E-state index is 13.4. The molecule has 0 bridgehead atoms. The zero-order valence-corrected chi connectivity index (χ0v) is 19.7. The molecule has 5 heteroatoms. The maximum Gasteiger partial charge on any atom is 0.235 e. The van der Waals surface area contributed by atoms with Gasteiger partial charge in [-0.1, -0.05) is 84.4 Å². The van der Waals surface area contributed by atoms with Gasteiger partial charge in [0.2, 0.25) is 11.2 Å². The van der Waals surface area contributed by atoms with Crippen molar-refractivity contribution in [2.24, 2.45) is 0 Å². The summed E-state index contributed by atoms with van der Waals surface area (Å²) in [4.78, 5) is 26.3. The summed E-state index contributed by atoms with van der Waals surface area (Å²) in [5.74, 6) is -0.0900. The van der Waals surface area contributed by atoms with Crippen molar-refractivity contribution in [1.82, 2.24) is 0 Å². The van der Waals surface area contributed by atoms with Crippen LogP contribution in [-0.4, -0.2) is 12.4 Å². The molecule has 0 aliphatic heterocycles. The van der Waals surface area contributed by atoms with Crippen molar-refractivity contribution in [3.05, 3.63) is 123 Å². The Labute approximate surface area is 207 Å². The second-order valence-electron chi connectivity index (χ2n) is 8.22. The Morgan fingerprint density at radius 1 is 0.857 bits per heavy atom. The summed E-state index contributed by atoms with van der Waals surface area (Å²) in [7, 11) is 0. The van der Waals surface area contributed by atoms with E-state index in [1.54, 1.807) is 48.5 Å². The number of hydrogen-bond acceptors (Lipinski definition) is 4. The molecule has 4 nitrogen and oxygen atoms in total. The van der Waals surface area contributed by atoms with Gasteiger partial charge in [-0.2, -0.15) is 0 Å². The zero-order valence-electron chi connectivity index (χ0n) is 19.0. The van der Waals surface area contributed by atoms with Gasteiger partial charge in [0, 0.05) is 11.1 Å². The number of halogens is 1. The van der Waals surface area contributed by atoms with E-state index in [-0.39, 0.29) is 29.3 Å². The Morgan fingerprint density at radius 2 is 1.54 bits per heavy atom. The fourth-order valence-corrected chi connectivity index (χ4v) is 4.16. The summed E-state index contributed by atoms with van der Waals surface area (Å²) in [6, 6.07) is 29.6. The van der Waals surface area contributed by atoms with Gasteiger partial charge in [0.05, 0.1) is 10.4 Å². The first-order chi connectivity index (χ1) is 17.0. The van der Waals surface area contributed by atoms with Crippen LogP contribution in [0.5, 0.6) is 5.75 Å². The van der Waals surface area contributed by atoms with Crippen LogP contribution in [0.4, 0.5) is 0 Å². The third-order valence-corrected chi connectivity index (χ3v) is 6.12. The Balaban J connectivity index is 1.48. The van der Waals surface area contributed by atoms with Crippen LogP contribution in [0, 0.1) is 6.92 Å². The first-order valence-electron chi connectivity index (χ1n) is 11.1. The van der Waals surface area contributed by atoms with Crippen LogP contribution in [0.25, 0.3) is 33.4 Å². The highest BCUT2D eigenvalue weighted by Crippen LogP contribution is 2.35. The smallest absolute Gasteiger partial charge is 0.235 e. The summed E-state index contributed by atoms with van der Waals surface area (Å²) < 4.78 is 11.9. The van der Waals surface area contributed by atoms with Crippen LogP contribution in [0.2, 0.25) is 5.02 Å². The summed E-state index contributed by atoms with van der Waals surface area (Å²) >= 11 is 6.40. The predicted octanol–water partition coefficient (Wildman–Crippen LogP) is 7.35. The molecule has 5 aromatic rings. The average molecular weight is 481 g/mol. The second kappa shape index (κ2) is 9.61. The Bertz CT molecular complexity index is 1590. The summed E-state index contributed by atoms with van der Waals surface area (Å²) in [6.07, 6.45) is 0. The van der Waals surface area contributed by atoms with Crippen LogP contribution >= 0.6 is 11.6 Å². The molecule has 0 unspecified atom stereocenters. The number of ketones is 1. The third-order valence-electron chi connectivity index (χ3n) is 5.79.